The molecule has 0 unspecified atom stereocenters. The molecule has 0 atom stereocenters. The van der Waals surface area contributed by atoms with E-state index in [1.54, 1.807) is 35.9 Å². The Balaban J connectivity index is 1.51. The standard InChI is InChI=1S/C24H22N6O5/c1-15-12-18(13-25-27-23(31)14-35-22-11-7-6-10-21(22)30(33)34)16(2)28(15)29-17(3)26-20-9-5-4-8-19(20)24(29)32/h4-13H,14H2,1-3H3,(H,27,31). The summed E-state index contributed by atoms with van der Waals surface area (Å²) in [6, 6.07) is 14.8. The van der Waals surface area contributed by atoms with E-state index in [-0.39, 0.29) is 17.0 Å². The Morgan fingerprint density at radius 1 is 1.14 bits per heavy atom. The number of amides is 1. The molecule has 2 heterocycles. The highest BCUT2D eigenvalue weighted by molar-refractivity contribution is 5.84. The van der Waals surface area contributed by atoms with Crippen LogP contribution in [0.2, 0.25) is 0 Å². The minimum Gasteiger partial charge on any atom is -0.477 e. The first-order chi connectivity index (χ1) is 16.8. The Bertz CT molecular complexity index is 1540. The van der Waals surface area contributed by atoms with Gasteiger partial charge in [0.2, 0.25) is 0 Å². The van der Waals surface area contributed by atoms with Gasteiger partial charge in [-0.25, -0.2) is 10.4 Å². The highest BCUT2D eigenvalue weighted by Gasteiger charge is 2.16. The van der Waals surface area contributed by atoms with E-state index in [9.17, 15) is 19.7 Å². The zero-order valence-corrected chi connectivity index (χ0v) is 19.3. The van der Waals surface area contributed by atoms with Crippen LogP contribution in [0.15, 0.2) is 64.5 Å². The van der Waals surface area contributed by atoms with Crippen molar-refractivity contribution in [1.29, 1.82) is 0 Å². The SMILES string of the molecule is Cc1cc(C=NNC(=O)COc2ccccc2[N+](=O)[O-])c(C)n1-n1c(C)nc2ccccc2c1=O. The number of aryl methyl sites for hydroxylation is 2. The Morgan fingerprint density at radius 3 is 2.63 bits per heavy atom. The molecular formula is C24H22N6O5. The summed E-state index contributed by atoms with van der Waals surface area (Å²) in [7, 11) is 0. The maximum absolute atomic E-state index is 13.2. The largest absolute Gasteiger partial charge is 0.477 e. The van der Waals surface area contributed by atoms with Gasteiger partial charge in [0.15, 0.2) is 12.4 Å². The van der Waals surface area contributed by atoms with Crippen LogP contribution in [0.25, 0.3) is 10.9 Å². The molecule has 0 aliphatic rings. The molecule has 1 amide bonds. The molecule has 0 saturated heterocycles. The van der Waals surface area contributed by atoms with Crippen LogP contribution in [0.4, 0.5) is 5.69 Å². The Hall–Kier alpha value is -4.80. The lowest BCUT2D eigenvalue weighted by Gasteiger charge is -2.16. The van der Waals surface area contributed by atoms with E-state index in [4.69, 9.17) is 4.74 Å². The van der Waals surface area contributed by atoms with Crippen LogP contribution in [-0.2, 0) is 4.79 Å². The summed E-state index contributed by atoms with van der Waals surface area (Å²) in [6.07, 6.45) is 1.45. The minimum absolute atomic E-state index is 0.00928. The molecule has 0 spiro atoms. The van der Waals surface area contributed by atoms with Gasteiger partial charge >= 0.3 is 5.69 Å². The van der Waals surface area contributed by atoms with Crippen molar-refractivity contribution in [2.24, 2.45) is 5.10 Å². The number of nitrogens with zero attached hydrogens (tertiary/aromatic N) is 5. The smallest absolute Gasteiger partial charge is 0.310 e. The highest BCUT2D eigenvalue weighted by atomic mass is 16.6. The molecule has 0 aliphatic carbocycles. The number of carbonyl (C=O) groups is 1. The molecule has 0 radical (unpaired) electrons. The Labute approximate surface area is 199 Å². The fourth-order valence-corrected chi connectivity index (χ4v) is 3.77. The third-order valence-corrected chi connectivity index (χ3v) is 5.36. The van der Waals surface area contributed by atoms with E-state index in [2.05, 4.69) is 15.5 Å². The molecule has 4 aromatic rings. The first-order valence-electron chi connectivity index (χ1n) is 10.6. The summed E-state index contributed by atoms with van der Waals surface area (Å²) in [6.45, 7) is 5.00. The maximum Gasteiger partial charge on any atom is 0.310 e. The van der Waals surface area contributed by atoms with E-state index in [1.807, 2.05) is 26.0 Å². The van der Waals surface area contributed by atoms with Gasteiger partial charge in [-0.05, 0) is 45.0 Å². The molecule has 35 heavy (non-hydrogen) atoms. The number of nitro groups is 1. The van der Waals surface area contributed by atoms with Crippen molar-refractivity contribution in [1.82, 2.24) is 19.8 Å². The quantitative estimate of drug-likeness (QED) is 0.249. The zero-order chi connectivity index (χ0) is 25.1. The molecule has 2 aromatic heterocycles. The van der Waals surface area contributed by atoms with E-state index < -0.39 is 17.4 Å². The summed E-state index contributed by atoms with van der Waals surface area (Å²) in [5, 5.41) is 15.5. The van der Waals surface area contributed by atoms with Gasteiger partial charge in [0.25, 0.3) is 11.5 Å². The number of hydrogen-bond donors (Lipinski definition) is 1. The second-order valence-electron chi connectivity index (χ2n) is 7.74. The lowest BCUT2D eigenvalue weighted by molar-refractivity contribution is -0.385. The van der Waals surface area contributed by atoms with Crippen LogP contribution >= 0.6 is 0 Å². The maximum atomic E-state index is 13.2. The van der Waals surface area contributed by atoms with Gasteiger partial charge in [-0.1, -0.05) is 24.3 Å². The number of nitrogens with one attached hydrogen (secondary N) is 1. The summed E-state index contributed by atoms with van der Waals surface area (Å²) in [5.74, 6) is -0.0663. The van der Waals surface area contributed by atoms with Gasteiger partial charge in [0.05, 0.1) is 22.0 Å². The molecule has 4 rings (SSSR count). The van der Waals surface area contributed by atoms with Crippen molar-refractivity contribution in [3.8, 4) is 5.75 Å². The number of hydrazone groups is 1. The lowest BCUT2D eigenvalue weighted by atomic mass is 10.2. The summed E-state index contributed by atoms with van der Waals surface area (Å²) in [4.78, 5) is 40.3. The average Bonchev–Trinajstić information content (AvgIpc) is 3.11. The number of rotatable bonds is 7. The molecule has 2 aromatic carbocycles. The number of ether oxygens (including phenoxy) is 1. The van der Waals surface area contributed by atoms with Crippen LogP contribution in [0.5, 0.6) is 5.75 Å². The second-order valence-corrected chi connectivity index (χ2v) is 7.74. The van der Waals surface area contributed by atoms with Crippen LogP contribution < -0.4 is 15.7 Å². The fraction of sp³-hybridized carbons (Fsp3) is 0.167. The monoisotopic (exact) mass is 474 g/mol. The van der Waals surface area contributed by atoms with Crippen molar-refractivity contribution in [2.75, 3.05) is 6.61 Å². The number of benzene rings is 2. The van der Waals surface area contributed by atoms with E-state index >= 15 is 0 Å². The number of carbonyl (C=O) groups excluding carboxylic acids is 1. The normalized spacial score (nSPS) is 11.2. The van der Waals surface area contributed by atoms with Gasteiger partial charge in [-0.2, -0.15) is 9.78 Å². The molecule has 11 nitrogen and oxygen atoms in total. The van der Waals surface area contributed by atoms with Crippen LogP contribution in [0, 0.1) is 30.9 Å². The van der Waals surface area contributed by atoms with Crippen LogP contribution in [0.3, 0.4) is 0 Å². The average molecular weight is 474 g/mol. The molecule has 0 bridgehead atoms. The van der Waals surface area contributed by atoms with Crippen molar-refractivity contribution in [3.05, 3.63) is 97.8 Å². The summed E-state index contributed by atoms with van der Waals surface area (Å²) >= 11 is 0. The molecule has 178 valence electrons. The van der Waals surface area contributed by atoms with E-state index in [0.29, 0.717) is 22.3 Å². The third kappa shape index (κ3) is 4.64. The van der Waals surface area contributed by atoms with Gasteiger partial charge < -0.3 is 4.74 Å². The molecule has 11 heteroatoms. The van der Waals surface area contributed by atoms with Gasteiger partial charge in [0, 0.05) is 23.0 Å². The van der Waals surface area contributed by atoms with Crippen LogP contribution in [-0.4, -0.2) is 38.0 Å². The van der Waals surface area contributed by atoms with Gasteiger partial charge in [-0.3, -0.25) is 24.4 Å². The Kier molecular flexibility index (Phi) is 6.40. The highest BCUT2D eigenvalue weighted by Crippen LogP contribution is 2.25. The fourth-order valence-electron chi connectivity index (χ4n) is 3.77. The molecule has 0 fully saturated rings. The zero-order valence-electron chi connectivity index (χ0n) is 19.3. The number of nitro benzene ring substituents is 1. The van der Waals surface area contributed by atoms with Crippen molar-refractivity contribution < 1.29 is 14.5 Å². The predicted molar refractivity (Wildman–Crippen MR) is 130 cm³/mol. The lowest BCUT2D eigenvalue weighted by Crippen LogP contribution is -2.31. The molecule has 1 N–H and O–H groups in total. The summed E-state index contributed by atoms with van der Waals surface area (Å²) < 4.78 is 8.50. The van der Waals surface area contributed by atoms with Crippen molar-refractivity contribution in [2.45, 2.75) is 20.8 Å². The van der Waals surface area contributed by atoms with Crippen molar-refractivity contribution in [3.63, 3.8) is 0 Å². The first-order valence-corrected chi connectivity index (χ1v) is 10.6. The number of hydrogen-bond acceptors (Lipinski definition) is 7. The van der Waals surface area contributed by atoms with E-state index in [0.717, 1.165) is 11.4 Å². The summed E-state index contributed by atoms with van der Waals surface area (Å²) in [5.41, 5.74) is 4.72. The van der Waals surface area contributed by atoms with E-state index in [1.165, 1.54) is 29.1 Å². The molecular weight excluding hydrogens is 452 g/mol. The topological polar surface area (TPSA) is 134 Å². The van der Waals surface area contributed by atoms with Gasteiger partial charge in [0.1, 0.15) is 5.82 Å². The second kappa shape index (κ2) is 9.59. The molecule has 0 saturated carbocycles. The van der Waals surface area contributed by atoms with Crippen LogP contribution in [0.1, 0.15) is 22.8 Å². The van der Waals surface area contributed by atoms with Gasteiger partial charge in [-0.15, -0.1) is 0 Å². The number of aromatic nitrogens is 3. The first kappa shape index (κ1) is 23.4. The number of fused-ring (bicyclic) bond motifs is 1. The minimum atomic E-state index is -0.584. The van der Waals surface area contributed by atoms with Crippen molar-refractivity contribution >= 4 is 28.7 Å². The number of para-hydroxylation sites is 3. The molecule has 0 aliphatic heterocycles. The Morgan fingerprint density at radius 2 is 1.86 bits per heavy atom. The predicted octanol–water partition coefficient (Wildman–Crippen LogP) is 2.87. The third-order valence-electron chi connectivity index (χ3n) is 5.36.